The average molecular weight is 206 g/mol. The Kier molecular flexibility index (Phi) is 2.44. The average Bonchev–Trinajstić information content (AvgIpc) is 2.87. The van der Waals surface area contributed by atoms with Crippen molar-refractivity contribution < 1.29 is 4.79 Å². The number of aromatic nitrogens is 5. The van der Waals surface area contributed by atoms with Crippen molar-refractivity contribution in [1.82, 2.24) is 25.6 Å². The number of H-pyrrole nitrogens is 2. The van der Waals surface area contributed by atoms with E-state index in [1.807, 2.05) is 6.92 Å². The van der Waals surface area contributed by atoms with E-state index >= 15 is 0 Å². The fourth-order valence-electron chi connectivity index (χ4n) is 1.10. The van der Waals surface area contributed by atoms with Crippen molar-refractivity contribution in [1.29, 1.82) is 0 Å². The maximum absolute atomic E-state index is 11.5. The first kappa shape index (κ1) is 9.38. The minimum absolute atomic E-state index is 0.232. The Morgan fingerprint density at radius 3 is 3.00 bits per heavy atom. The number of amides is 1. The molecule has 2 rings (SSSR count). The molecule has 0 aliphatic carbocycles. The fourth-order valence-corrected chi connectivity index (χ4v) is 1.10. The van der Waals surface area contributed by atoms with Crippen LogP contribution in [0.4, 0.5) is 5.82 Å². The number of nitrogens with one attached hydrogen (secondary N) is 3. The van der Waals surface area contributed by atoms with Crippen molar-refractivity contribution in [3.63, 3.8) is 0 Å². The van der Waals surface area contributed by atoms with E-state index in [-0.39, 0.29) is 11.6 Å². The Labute approximate surface area is 85.3 Å². The Balaban J connectivity index is 2.06. The maximum atomic E-state index is 11.5. The van der Waals surface area contributed by atoms with Crippen LogP contribution in [0.3, 0.4) is 0 Å². The number of rotatable bonds is 3. The molecule has 0 radical (unpaired) electrons. The van der Waals surface area contributed by atoms with Gasteiger partial charge in [-0.1, -0.05) is 6.92 Å². The van der Waals surface area contributed by atoms with Crippen LogP contribution in [0.1, 0.15) is 23.1 Å². The van der Waals surface area contributed by atoms with E-state index < -0.39 is 0 Å². The van der Waals surface area contributed by atoms with Gasteiger partial charge in [-0.25, -0.2) is 0 Å². The summed E-state index contributed by atoms with van der Waals surface area (Å²) in [6, 6.07) is 1.78. The van der Waals surface area contributed by atoms with Crippen molar-refractivity contribution in [2.75, 3.05) is 5.32 Å². The van der Waals surface area contributed by atoms with E-state index in [9.17, 15) is 4.79 Å². The molecule has 15 heavy (non-hydrogen) atoms. The highest BCUT2D eigenvalue weighted by Gasteiger charge is 2.10. The number of carbonyl (C=O) groups excluding carboxylic acids is 1. The standard InChI is InChI=1S/C8H10N6O/c1-2-5-3-7(13-11-5)10-8(15)6-4-9-14-12-6/h3-4H,2H2,1H3,(H,9,12,14)(H2,10,11,13,15). The van der Waals surface area contributed by atoms with Crippen LogP contribution in [-0.4, -0.2) is 31.5 Å². The molecular weight excluding hydrogens is 196 g/mol. The number of nitrogens with zero attached hydrogens (tertiary/aromatic N) is 3. The zero-order valence-electron chi connectivity index (χ0n) is 8.11. The topological polar surface area (TPSA) is 99.3 Å². The van der Waals surface area contributed by atoms with Crippen LogP contribution in [0.25, 0.3) is 0 Å². The van der Waals surface area contributed by atoms with Crippen molar-refractivity contribution in [3.05, 3.63) is 23.7 Å². The van der Waals surface area contributed by atoms with Crippen LogP contribution in [0.2, 0.25) is 0 Å². The Morgan fingerprint density at radius 2 is 2.40 bits per heavy atom. The molecule has 2 aromatic heterocycles. The van der Waals surface area contributed by atoms with E-state index in [1.165, 1.54) is 6.20 Å². The SMILES string of the molecule is CCc1cc(NC(=O)c2cn[nH]n2)n[nH]1. The van der Waals surface area contributed by atoms with Gasteiger partial charge in [0.25, 0.3) is 5.91 Å². The lowest BCUT2D eigenvalue weighted by atomic mass is 10.3. The first-order chi connectivity index (χ1) is 7.29. The first-order valence-corrected chi connectivity index (χ1v) is 4.51. The van der Waals surface area contributed by atoms with Gasteiger partial charge in [-0.3, -0.25) is 9.89 Å². The maximum Gasteiger partial charge on any atom is 0.279 e. The summed E-state index contributed by atoms with van der Waals surface area (Å²) in [6.45, 7) is 2.00. The van der Waals surface area contributed by atoms with Crippen LogP contribution >= 0.6 is 0 Å². The number of carbonyl (C=O) groups is 1. The summed E-state index contributed by atoms with van der Waals surface area (Å²) in [4.78, 5) is 11.5. The van der Waals surface area contributed by atoms with Gasteiger partial charge in [0.1, 0.15) is 0 Å². The molecule has 2 aromatic rings. The van der Waals surface area contributed by atoms with Gasteiger partial charge in [-0.2, -0.15) is 20.5 Å². The van der Waals surface area contributed by atoms with E-state index in [2.05, 4.69) is 30.9 Å². The Morgan fingerprint density at radius 1 is 1.53 bits per heavy atom. The molecule has 7 heteroatoms. The number of anilines is 1. The zero-order valence-corrected chi connectivity index (χ0v) is 8.11. The van der Waals surface area contributed by atoms with Crippen molar-refractivity contribution in [3.8, 4) is 0 Å². The normalized spacial score (nSPS) is 10.2. The van der Waals surface area contributed by atoms with Crippen LogP contribution < -0.4 is 5.32 Å². The minimum atomic E-state index is -0.335. The molecule has 0 bridgehead atoms. The third-order valence-electron chi connectivity index (χ3n) is 1.90. The smallest absolute Gasteiger partial charge is 0.279 e. The van der Waals surface area contributed by atoms with Crippen molar-refractivity contribution in [2.24, 2.45) is 0 Å². The second kappa shape index (κ2) is 3.91. The lowest BCUT2D eigenvalue weighted by Crippen LogP contribution is -2.12. The number of aryl methyl sites for hydroxylation is 1. The minimum Gasteiger partial charge on any atom is -0.304 e. The Hall–Kier alpha value is -2.18. The summed E-state index contributed by atoms with van der Waals surface area (Å²) in [5, 5.41) is 18.9. The van der Waals surface area contributed by atoms with Gasteiger partial charge < -0.3 is 5.32 Å². The molecule has 0 saturated carbocycles. The quantitative estimate of drug-likeness (QED) is 0.674. The van der Waals surface area contributed by atoms with Crippen molar-refractivity contribution in [2.45, 2.75) is 13.3 Å². The summed E-state index contributed by atoms with van der Waals surface area (Å²) in [7, 11) is 0. The van der Waals surface area contributed by atoms with Crippen LogP contribution in [-0.2, 0) is 6.42 Å². The molecule has 0 aromatic carbocycles. The largest absolute Gasteiger partial charge is 0.304 e. The molecule has 7 nitrogen and oxygen atoms in total. The molecule has 2 heterocycles. The molecule has 0 aliphatic rings. The molecule has 3 N–H and O–H groups in total. The first-order valence-electron chi connectivity index (χ1n) is 4.51. The lowest BCUT2D eigenvalue weighted by molar-refractivity contribution is 0.102. The van der Waals surface area contributed by atoms with Gasteiger partial charge in [0.15, 0.2) is 11.5 Å². The molecule has 0 unspecified atom stereocenters. The van der Waals surface area contributed by atoms with Crippen LogP contribution in [0, 0.1) is 0 Å². The molecule has 0 fully saturated rings. The Bertz CT molecular complexity index is 445. The summed E-state index contributed by atoms with van der Waals surface area (Å²) < 4.78 is 0. The predicted molar refractivity (Wildman–Crippen MR) is 52.3 cm³/mol. The van der Waals surface area contributed by atoms with Crippen LogP contribution in [0.15, 0.2) is 12.3 Å². The van der Waals surface area contributed by atoms with E-state index in [0.717, 1.165) is 12.1 Å². The molecular formula is C8H10N6O. The summed E-state index contributed by atoms with van der Waals surface area (Å²) in [6.07, 6.45) is 2.19. The highest BCUT2D eigenvalue weighted by Crippen LogP contribution is 2.06. The van der Waals surface area contributed by atoms with Gasteiger partial charge in [0.05, 0.1) is 6.20 Å². The molecule has 0 saturated heterocycles. The van der Waals surface area contributed by atoms with E-state index in [1.54, 1.807) is 6.07 Å². The third-order valence-corrected chi connectivity index (χ3v) is 1.90. The summed E-state index contributed by atoms with van der Waals surface area (Å²) in [5.41, 5.74) is 1.20. The van der Waals surface area contributed by atoms with Gasteiger partial charge in [-0.05, 0) is 6.42 Å². The van der Waals surface area contributed by atoms with Gasteiger partial charge >= 0.3 is 0 Å². The van der Waals surface area contributed by atoms with Gasteiger partial charge in [-0.15, -0.1) is 0 Å². The van der Waals surface area contributed by atoms with Crippen molar-refractivity contribution >= 4 is 11.7 Å². The summed E-state index contributed by atoms with van der Waals surface area (Å²) >= 11 is 0. The number of hydrogen-bond acceptors (Lipinski definition) is 4. The number of hydrogen-bond donors (Lipinski definition) is 3. The van der Waals surface area contributed by atoms with E-state index in [4.69, 9.17) is 0 Å². The van der Waals surface area contributed by atoms with E-state index in [0.29, 0.717) is 5.82 Å². The van der Waals surface area contributed by atoms with Gasteiger partial charge in [0, 0.05) is 11.8 Å². The monoisotopic (exact) mass is 206 g/mol. The summed E-state index contributed by atoms with van der Waals surface area (Å²) in [5.74, 6) is 0.151. The number of aromatic amines is 2. The molecule has 1 amide bonds. The molecule has 78 valence electrons. The lowest BCUT2D eigenvalue weighted by Gasteiger charge is -1.95. The molecule has 0 aliphatic heterocycles. The highest BCUT2D eigenvalue weighted by atomic mass is 16.2. The third kappa shape index (κ3) is 2.01. The second-order valence-corrected chi connectivity index (χ2v) is 2.94. The molecule has 0 atom stereocenters. The molecule has 0 spiro atoms. The predicted octanol–water partition coefficient (Wildman–Crippen LogP) is 0.342. The highest BCUT2D eigenvalue weighted by molar-refractivity contribution is 6.01. The zero-order chi connectivity index (χ0) is 10.7. The fraction of sp³-hybridized carbons (Fsp3) is 0.250. The second-order valence-electron chi connectivity index (χ2n) is 2.94. The van der Waals surface area contributed by atoms with Gasteiger partial charge in [0.2, 0.25) is 0 Å². The van der Waals surface area contributed by atoms with Crippen LogP contribution in [0.5, 0.6) is 0 Å².